The molecule has 2 heterocycles. The fraction of sp³-hybridized carbons (Fsp3) is 0.250. The molecule has 0 fully saturated rings. The zero-order chi connectivity index (χ0) is 19.7. The van der Waals surface area contributed by atoms with Crippen molar-refractivity contribution in [3.63, 3.8) is 0 Å². The van der Waals surface area contributed by atoms with Crippen LogP contribution in [0.5, 0.6) is 11.5 Å². The Hall–Kier alpha value is -3.35. The number of aromatic amines is 1. The van der Waals surface area contributed by atoms with Crippen LogP contribution in [0.3, 0.4) is 0 Å². The monoisotopic (exact) mass is 368 g/mol. The molecule has 1 aromatic carbocycles. The first-order valence-corrected chi connectivity index (χ1v) is 8.59. The summed E-state index contributed by atoms with van der Waals surface area (Å²) in [5.41, 5.74) is 0.487. The molecule has 3 rings (SSSR count). The molecule has 0 saturated heterocycles. The van der Waals surface area contributed by atoms with Gasteiger partial charge in [0.1, 0.15) is 11.5 Å². The van der Waals surface area contributed by atoms with Crippen molar-refractivity contribution in [2.24, 2.45) is 0 Å². The third-order valence-corrected chi connectivity index (χ3v) is 4.30. The summed E-state index contributed by atoms with van der Waals surface area (Å²) < 4.78 is 5.13. The summed E-state index contributed by atoms with van der Waals surface area (Å²) in [4.78, 5) is 31.9. The highest BCUT2D eigenvalue weighted by Gasteiger charge is 2.25. The van der Waals surface area contributed by atoms with Gasteiger partial charge >= 0.3 is 5.97 Å². The summed E-state index contributed by atoms with van der Waals surface area (Å²) in [5.74, 6) is -1.49. The van der Waals surface area contributed by atoms with Gasteiger partial charge in [-0.2, -0.15) is 0 Å². The Labute approximate surface area is 155 Å². The molecular formula is C20H20N2O5. The Bertz CT molecular complexity index is 1070. The van der Waals surface area contributed by atoms with Crippen molar-refractivity contribution in [3.05, 3.63) is 52.2 Å². The minimum Gasteiger partial charge on any atom is -0.507 e. The van der Waals surface area contributed by atoms with Crippen molar-refractivity contribution in [2.45, 2.75) is 26.7 Å². The molecule has 7 nitrogen and oxygen atoms in total. The number of aromatic nitrogens is 2. The lowest BCUT2D eigenvalue weighted by Crippen LogP contribution is -2.19. The number of esters is 1. The normalized spacial score (nSPS) is 11.1. The van der Waals surface area contributed by atoms with Crippen molar-refractivity contribution < 1.29 is 19.7 Å². The number of nitrogens with one attached hydrogen (secondary N) is 1. The molecule has 3 N–H and O–H groups in total. The summed E-state index contributed by atoms with van der Waals surface area (Å²) in [5, 5.41) is 21.4. The van der Waals surface area contributed by atoms with Gasteiger partial charge in [-0.25, -0.2) is 4.79 Å². The van der Waals surface area contributed by atoms with E-state index in [9.17, 15) is 19.8 Å². The second-order valence-electron chi connectivity index (χ2n) is 6.40. The van der Waals surface area contributed by atoms with Gasteiger partial charge in [-0.3, -0.25) is 9.78 Å². The van der Waals surface area contributed by atoms with E-state index >= 15 is 0 Å². The average molecular weight is 368 g/mol. The molecule has 0 atom stereocenters. The van der Waals surface area contributed by atoms with E-state index in [1.54, 1.807) is 25.3 Å². The van der Waals surface area contributed by atoms with Gasteiger partial charge in [-0.05, 0) is 25.0 Å². The number of benzene rings is 1. The third-order valence-electron chi connectivity index (χ3n) is 4.30. The van der Waals surface area contributed by atoms with E-state index in [2.05, 4.69) is 9.97 Å². The Morgan fingerprint density at radius 1 is 1.33 bits per heavy atom. The molecule has 0 saturated carbocycles. The van der Waals surface area contributed by atoms with Gasteiger partial charge in [-0.15, -0.1) is 0 Å². The molecule has 0 bridgehead atoms. The van der Waals surface area contributed by atoms with Crippen molar-refractivity contribution in [1.82, 2.24) is 9.97 Å². The summed E-state index contributed by atoms with van der Waals surface area (Å²) in [6, 6.07) is 4.61. The van der Waals surface area contributed by atoms with Gasteiger partial charge in [0.05, 0.1) is 23.1 Å². The number of ether oxygens (including phenoxy) is 1. The number of rotatable bonds is 4. The van der Waals surface area contributed by atoms with Gasteiger partial charge in [0.25, 0.3) is 5.56 Å². The molecule has 140 valence electrons. The van der Waals surface area contributed by atoms with E-state index in [1.165, 1.54) is 12.3 Å². The largest absolute Gasteiger partial charge is 0.507 e. The first-order chi connectivity index (χ1) is 12.9. The van der Waals surface area contributed by atoms with Crippen molar-refractivity contribution in [3.8, 4) is 22.6 Å². The van der Waals surface area contributed by atoms with E-state index < -0.39 is 17.3 Å². The minimum atomic E-state index is -0.629. The van der Waals surface area contributed by atoms with Crippen LogP contribution in [0.2, 0.25) is 0 Å². The standard InChI is InChI=1S/C20H20N2O5/c1-4-27-20(26)15-12-8-13(23)14(11-6-5-7-21-9-11)18(24)16(12)19(25)22-17(15)10(2)3/h5-10,23-24H,4H2,1-3H3,(H,22,25). The summed E-state index contributed by atoms with van der Waals surface area (Å²) in [7, 11) is 0. The topological polar surface area (TPSA) is 113 Å². The molecule has 0 aliphatic heterocycles. The highest BCUT2D eigenvalue weighted by Crippen LogP contribution is 2.42. The second-order valence-corrected chi connectivity index (χ2v) is 6.40. The Morgan fingerprint density at radius 3 is 2.67 bits per heavy atom. The minimum absolute atomic E-state index is 0.0770. The van der Waals surface area contributed by atoms with E-state index in [4.69, 9.17) is 4.74 Å². The van der Waals surface area contributed by atoms with Gasteiger partial charge in [-0.1, -0.05) is 19.9 Å². The van der Waals surface area contributed by atoms with Crippen LogP contribution in [0.25, 0.3) is 21.9 Å². The zero-order valence-corrected chi connectivity index (χ0v) is 15.2. The van der Waals surface area contributed by atoms with Crippen LogP contribution in [-0.4, -0.2) is 32.8 Å². The maximum absolute atomic E-state index is 12.7. The number of H-pyrrole nitrogens is 1. The maximum Gasteiger partial charge on any atom is 0.340 e. The molecular weight excluding hydrogens is 348 g/mol. The highest BCUT2D eigenvalue weighted by atomic mass is 16.5. The lowest BCUT2D eigenvalue weighted by Gasteiger charge is -2.17. The summed E-state index contributed by atoms with van der Waals surface area (Å²) in [6.45, 7) is 5.48. The molecule has 0 radical (unpaired) electrons. The van der Waals surface area contributed by atoms with Gasteiger partial charge in [0, 0.05) is 29.0 Å². The van der Waals surface area contributed by atoms with Crippen molar-refractivity contribution in [2.75, 3.05) is 6.61 Å². The fourth-order valence-electron chi connectivity index (χ4n) is 3.13. The van der Waals surface area contributed by atoms with Gasteiger partial charge in [0.2, 0.25) is 0 Å². The predicted octanol–water partition coefficient (Wildman–Crippen LogP) is 3.30. The van der Waals surface area contributed by atoms with Crippen LogP contribution < -0.4 is 5.56 Å². The van der Waals surface area contributed by atoms with E-state index in [-0.39, 0.29) is 40.2 Å². The van der Waals surface area contributed by atoms with Gasteiger partial charge < -0.3 is 19.9 Å². The SMILES string of the molecule is CCOC(=O)c1c(C(C)C)[nH]c(=O)c2c(O)c(-c3cccnc3)c(O)cc12. The van der Waals surface area contributed by atoms with Crippen molar-refractivity contribution in [1.29, 1.82) is 0 Å². The van der Waals surface area contributed by atoms with Crippen LogP contribution in [0.1, 0.15) is 42.7 Å². The predicted molar refractivity (Wildman–Crippen MR) is 101 cm³/mol. The number of hydrogen-bond donors (Lipinski definition) is 3. The number of phenolic OH excluding ortho intramolecular Hbond substituents is 2. The number of carbonyl (C=O) groups is 1. The van der Waals surface area contributed by atoms with E-state index in [0.717, 1.165) is 0 Å². The van der Waals surface area contributed by atoms with Crippen LogP contribution in [0.4, 0.5) is 0 Å². The van der Waals surface area contributed by atoms with Crippen LogP contribution >= 0.6 is 0 Å². The third kappa shape index (κ3) is 3.12. The fourth-order valence-corrected chi connectivity index (χ4v) is 3.13. The molecule has 3 aromatic rings. The van der Waals surface area contributed by atoms with Crippen LogP contribution in [-0.2, 0) is 4.74 Å². The first kappa shape index (κ1) is 18.4. The Morgan fingerprint density at radius 2 is 2.07 bits per heavy atom. The number of hydrogen-bond acceptors (Lipinski definition) is 6. The number of phenols is 2. The zero-order valence-electron chi connectivity index (χ0n) is 15.2. The number of nitrogens with zero attached hydrogens (tertiary/aromatic N) is 1. The summed E-state index contributed by atoms with van der Waals surface area (Å²) >= 11 is 0. The molecule has 0 amide bonds. The maximum atomic E-state index is 12.7. The molecule has 0 aliphatic rings. The smallest absolute Gasteiger partial charge is 0.340 e. The number of fused-ring (bicyclic) bond motifs is 1. The number of aromatic hydroxyl groups is 2. The van der Waals surface area contributed by atoms with Crippen molar-refractivity contribution >= 4 is 16.7 Å². The molecule has 2 aromatic heterocycles. The molecule has 0 spiro atoms. The van der Waals surface area contributed by atoms with Crippen LogP contribution in [0, 0.1) is 0 Å². The molecule has 7 heteroatoms. The number of carbonyl (C=O) groups excluding carboxylic acids is 1. The van der Waals surface area contributed by atoms with Gasteiger partial charge in [0.15, 0.2) is 0 Å². The molecule has 0 unspecified atom stereocenters. The average Bonchev–Trinajstić information content (AvgIpc) is 2.61. The highest BCUT2D eigenvalue weighted by molar-refractivity contribution is 6.09. The first-order valence-electron chi connectivity index (χ1n) is 8.59. The molecule has 0 aliphatic carbocycles. The Balaban J connectivity index is 2.45. The van der Waals surface area contributed by atoms with E-state index in [1.807, 2.05) is 13.8 Å². The Kier molecular flexibility index (Phi) is 4.85. The quantitative estimate of drug-likeness (QED) is 0.609. The second kappa shape index (κ2) is 7.11. The summed E-state index contributed by atoms with van der Waals surface area (Å²) in [6.07, 6.45) is 3.02. The number of pyridine rings is 2. The lowest BCUT2D eigenvalue weighted by atomic mass is 9.94. The lowest BCUT2D eigenvalue weighted by molar-refractivity contribution is 0.0526. The van der Waals surface area contributed by atoms with E-state index in [0.29, 0.717) is 11.3 Å². The van der Waals surface area contributed by atoms with Crippen LogP contribution in [0.15, 0.2) is 35.4 Å². The molecule has 27 heavy (non-hydrogen) atoms.